The summed E-state index contributed by atoms with van der Waals surface area (Å²) in [5.41, 5.74) is 5.77. The fraction of sp³-hybridized carbons (Fsp3) is 1.00. The minimum absolute atomic E-state index is 0.180. The summed E-state index contributed by atoms with van der Waals surface area (Å²) in [7, 11) is 0. The highest BCUT2D eigenvalue weighted by molar-refractivity contribution is 4.75. The van der Waals surface area contributed by atoms with Crippen LogP contribution in [0.1, 0.15) is 47.5 Å². The van der Waals surface area contributed by atoms with Crippen LogP contribution in [0.4, 0.5) is 0 Å². The Balaban J connectivity index is 4.43. The van der Waals surface area contributed by atoms with Gasteiger partial charge in [0.05, 0.1) is 6.10 Å². The van der Waals surface area contributed by atoms with Gasteiger partial charge in [0.15, 0.2) is 0 Å². The van der Waals surface area contributed by atoms with Gasteiger partial charge < -0.3 is 10.5 Å². The summed E-state index contributed by atoms with van der Waals surface area (Å²) in [6.07, 6.45) is 2.58. The van der Waals surface area contributed by atoms with Crippen LogP contribution in [0, 0.1) is 5.92 Å². The lowest BCUT2D eigenvalue weighted by atomic mass is 10.1. The van der Waals surface area contributed by atoms with E-state index >= 15 is 0 Å². The summed E-state index contributed by atoms with van der Waals surface area (Å²) in [6.45, 7) is 14.6. The van der Waals surface area contributed by atoms with E-state index in [9.17, 15) is 0 Å². The van der Waals surface area contributed by atoms with Gasteiger partial charge >= 0.3 is 0 Å². The van der Waals surface area contributed by atoms with Gasteiger partial charge in [0.1, 0.15) is 0 Å². The lowest BCUT2D eigenvalue weighted by Gasteiger charge is -2.34. The van der Waals surface area contributed by atoms with Crippen LogP contribution in [0.5, 0.6) is 0 Å². The molecule has 0 saturated carbocycles. The zero-order valence-electron chi connectivity index (χ0n) is 12.4. The SMILES string of the molecule is CCOC(CN)CN(CC(C)C)C(CC)CC. The van der Waals surface area contributed by atoms with E-state index in [-0.39, 0.29) is 6.10 Å². The second-order valence-electron chi connectivity index (χ2n) is 5.13. The number of hydrogen-bond donors (Lipinski definition) is 1. The molecular formula is C14H32N2O. The highest BCUT2D eigenvalue weighted by atomic mass is 16.5. The van der Waals surface area contributed by atoms with Gasteiger partial charge in [0, 0.05) is 32.3 Å². The molecule has 1 unspecified atom stereocenters. The molecule has 1 atom stereocenters. The van der Waals surface area contributed by atoms with Crippen LogP contribution in [0.3, 0.4) is 0 Å². The Labute approximate surface area is 108 Å². The molecule has 0 heterocycles. The third kappa shape index (κ3) is 7.02. The molecule has 0 aliphatic carbocycles. The fourth-order valence-corrected chi connectivity index (χ4v) is 2.34. The molecule has 3 heteroatoms. The molecule has 104 valence electrons. The van der Waals surface area contributed by atoms with Crippen LogP contribution in [0.15, 0.2) is 0 Å². The third-order valence-corrected chi connectivity index (χ3v) is 3.16. The van der Waals surface area contributed by atoms with E-state index in [2.05, 4.69) is 32.6 Å². The standard InChI is InChI=1S/C14H32N2O/c1-6-13(7-2)16(10-12(4)5)11-14(9-15)17-8-3/h12-14H,6-11,15H2,1-5H3. The van der Waals surface area contributed by atoms with Gasteiger partial charge in [-0.1, -0.05) is 27.7 Å². The second kappa shape index (κ2) is 9.86. The smallest absolute Gasteiger partial charge is 0.0823 e. The normalized spacial score (nSPS) is 13.9. The lowest BCUT2D eigenvalue weighted by Crippen LogP contribution is -2.45. The summed E-state index contributed by atoms with van der Waals surface area (Å²) in [4.78, 5) is 2.55. The van der Waals surface area contributed by atoms with Crippen molar-refractivity contribution in [3.63, 3.8) is 0 Å². The molecule has 0 aliphatic rings. The van der Waals surface area contributed by atoms with Crippen molar-refractivity contribution in [2.45, 2.75) is 59.6 Å². The minimum atomic E-state index is 0.180. The molecular weight excluding hydrogens is 212 g/mol. The van der Waals surface area contributed by atoms with E-state index in [1.54, 1.807) is 0 Å². The average molecular weight is 244 g/mol. The van der Waals surface area contributed by atoms with Crippen LogP contribution in [0.25, 0.3) is 0 Å². The van der Waals surface area contributed by atoms with Crippen molar-refractivity contribution in [1.29, 1.82) is 0 Å². The Morgan fingerprint density at radius 1 is 1.06 bits per heavy atom. The number of ether oxygens (including phenoxy) is 1. The molecule has 0 spiro atoms. The maximum absolute atomic E-state index is 5.77. The monoisotopic (exact) mass is 244 g/mol. The maximum Gasteiger partial charge on any atom is 0.0823 e. The van der Waals surface area contributed by atoms with Crippen LogP contribution in [-0.2, 0) is 4.74 Å². The van der Waals surface area contributed by atoms with Gasteiger partial charge in [0.25, 0.3) is 0 Å². The molecule has 0 aromatic carbocycles. The molecule has 3 nitrogen and oxygen atoms in total. The topological polar surface area (TPSA) is 38.5 Å². The fourth-order valence-electron chi connectivity index (χ4n) is 2.34. The first kappa shape index (κ1) is 16.9. The van der Waals surface area contributed by atoms with E-state index in [1.807, 2.05) is 6.92 Å². The van der Waals surface area contributed by atoms with E-state index in [0.717, 1.165) is 19.7 Å². The molecule has 0 rings (SSSR count). The molecule has 0 aliphatic heterocycles. The van der Waals surface area contributed by atoms with Crippen LogP contribution in [0.2, 0.25) is 0 Å². The van der Waals surface area contributed by atoms with E-state index in [0.29, 0.717) is 18.5 Å². The summed E-state index contributed by atoms with van der Waals surface area (Å²) in [5.74, 6) is 0.690. The van der Waals surface area contributed by atoms with Crippen LogP contribution >= 0.6 is 0 Å². The zero-order chi connectivity index (χ0) is 13.3. The average Bonchev–Trinajstić information content (AvgIpc) is 2.29. The van der Waals surface area contributed by atoms with Crippen LogP contribution < -0.4 is 5.73 Å². The van der Waals surface area contributed by atoms with E-state index < -0.39 is 0 Å². The van der Waals surface area contributed by atoms with Crippen molar-refractivity contribution in [1.82, 2.24) is 4.90 Å². The van der Waals surface area contributed by atoms with Crippen molar-refractivity contribution in [2.24, 2.45) is 11.7 Å². The van der Waals surface area contributed by atoms with Crippen molar-refractivity contribution >= 4 is 0 Å². The Bertz CT molecular complexity index is 170. The Morgan fingerprint density at radius 2 is 1.65 bits per heavy atom. The van der Waals surface area contributed by atoms with Crippen molar-refractivity contribution in [3.05, 3.63) is 0 Å². The highest BCUT2D eigenvalue weighted by Crippen LogP contribution is 2.12. The first-order chi connectivity index (χ1) is 8.08. The predicted octanol–water partition coefficient (Wildman–Crippen LogP) is 2.50. The Morgan fingerprint density at radius 3 is 2.00 bits per heavy atom. The third-order valence-electron chi connectivity index (χ3n) is 3.16. The van der Waals surface area contributed by atoms with Gasteiger partial charge in [-0.15, -0.1) is 0 Å². The van der Waals surface area contributed by atoms with Crippen molar-refractivity contribution < 1.29 is 4.74 Å². The van der Waals surface area contributed by atoms with Gasteiger partial charge in [-0.25, -0.2) is 0 Å². The zero-order valence-corrected chi connectivity index (χ0v) is 12.4. The van der Waals surface area contributed by atoms with Crippen LogP contribution in [-0.4, -0.2) is 43.3 Å². The van der Waals surface area contributed by atoms with E-state index in [4.69, 9.17) is 10.5 Å². The number of rotatable bonds is 10. The van der Waals surface area contributed by atoms with Gasteiger partial charge in [-0.05, 0) is 25.7 Å². The second-order valence-corrected chi connectivity index (χ2v) is 5.13. The summed E-state index contributed by atoms with van der Waals surface area (Å²) in [6, 6.07) is 0.659. The first-order valence-electron chi connectivity index (χ1n) is 7.14. The highest BCUT2D eigenvalue weighted by Gasteiger charge is 2.20. The lowest BCUT2D eigenvalue weighted by molar-refractivity contribution is 0.0221. The van der Waals surface area contributed by atoms with Gasteiger partial charge in [-0.2, -0.15) is 0 Å². The maximum atomic E-state index is 5.77. The first-order valence-corrected chi connectivity index (χ1v) is 7.14. The summed E-state index contributed by atoms with van der Waals surface area (Å²) < 4.78 is 5.68. The predicted molar refractivity (Wildman–Crippen MR) is 75.2 cm³/mol. The summed E-state index contributed by atoms with van der Waals surface area (Å²) in [5, 5.41) is 0. The minimum Gasteiger partial charge on any atom is -0.376 e. The van der Waals surface area contributed by atoms with Gasteiger partial charge in [0.2, 0.25) is 0 Å². The van der Waals surface area contributed by atoms with Gasteiger partial charge in [-0.3, -0.25) is 4.90 Å². The van der Waals surface area contributed by atoms with E-state index in [1.165, 1.54) is 12.8 Å². The number of hydrogen-bond acceptors (Lipinski definition) is 3. The van der Waals surface area contributed by atoms with Crippen molar-refractivity contribution in [2.75, 3.05) is 26.2 Å². The number of nitrogens with two attached hydrogens (primary N) is 1. The molecule has 0 saturated heterocycles. The number of nitrogens with zero attached hydrogens (tertiary/aromatic N) is 1. The Hall–Kier alpha value is -0.120. The van der Waals surface area contributed by atoms with Crippen molar-refractivity contribution in [3.8, 4) is 0 Å². The summed E-state index contributed by atoms with van der Waals surface area (Å²) >= 11 is 0. The molecule has 0 amide bonds. The largest absolute Gasteiger partial charge is 0.376 e. The molecule has 17 heavy (non-hydrogen) atoms. The molecule has 0 radical (unpaired) electrons. The molecule has 0 bridgehead atoms. The molecule has 0 aromatic heterocycles. The Kier molecular flexibility index (Phi) is 9.79. The molecule has 2 N–H and O–H groups in total. The quantitative estimate of drug-likeness (QED) is 0.642. The molecule has 0 aromatic rings. The molecule has 0 fully saturated rings.